The number of nitrogens with zero attached hydrogens (tertiary/aromatic N) is 1. The van der Waals surface area contributed by atoms with Gasteiger partial charge in [-0.25, -0.2) is 17.9 Å². The number of non-ortho nitro benzene ring substituents is 1. The largest absolute Gasteiger partial charge is 0.465 e. The molecule has 0 heterocycles. The van der Waals surface area contributed by atoms with Gasteiger partial charge in [-0.15, -0.1) is 0 Å². The second-order valence-corrected chi connectivity index (χ2v) is 6.98. The summed E-state index contributed by atoms with van der Waals surface area (Å²) in [4.78, 5) is 20.4. The Hall–Kier alpha value is -2.20. The molecular weight excluding hydrogens is 314 g/mol. The fourth-order valence-corrected chi connectivity index (χ4v) is 2.71. The highest BCUT2D eigenvalue weighted by atomic mass is 32.2. The molecule has 0 saturated heterocycles. The average Bonchev–Trinajstić information content (AvgIpc) is 2.36. The lowest BCUT2D eigenvalue weighted by atomic mass is 10.0. The number of nitro groups is 1. The fraction of sp³-hybridized carbons (Fsp3) is 0.417. The van der Waals surface area contributed by atoms with Crippen LogP contribution < -0.4 is 10.0 Å². The molecule has 122 valence electrons. The van der Waals surface area contributed by atoms with Gasteiger partial charge in [-0.2, -0.15) is 0 Å². The summed E-state index contributed by atoms with van der Waals surface area (Å²) in [5.74, 6) is 0. The van der Waals surface area contributed by atoms with E-state index >= 15 is 0 Å². The molecule has 0 aliphatic carbocycles. The summed E-state index contributed by atoms with van der Waals surface area (Å²) in [5, 5.41) is 21.4. The highest BCUT2D eigenvalue weighted by molar-refractivity contribution is 7.89. The van der Waals surface area contributed by atoms with Crippen molar-refractivity contribution in [2.24, 2.45) is 0 Å². The molecule has 0 aliphatic heterocycles. The Morgan fingerprint density at radius 1 is 1.32 bits per heavy atom. The summed E-state index contributed by atoms with van der Waals surface area (Å²) in [6, 6.07) is 4.48. The molecule has 10 heteroatoms. The van der Waals surface area contributed by atoms with Gasteiger partial charge < -0.3 is 10.4 Å². The second kappa shape index (κ2) is 6.71. The highest BCUT2D eigenvalue weighted by Crippen LogP contribution is 2.16. The number of amides is 1. The van der Waals surface area contributed by atoms with E-state index in [1.54, 1.807) is 13.8 Å². The van der Waals surface area contributed by atoms with E-state index in [-0.39, 0.29) is 23.5 Å². The van der Waals surface area contributed by atoms with Crippen molar-refractivity contribution in [3.63, 3.8) is 0 Å². The van der Waals surface area contributed by atoms with Gasteiger partial charge in [0.15, 0.2) is 0 Å². The minimum absolute atomic E-state index is 0.0204. The van der Waals surface area contributed by atoms with Crippen LogP contribution in [0.5, 0.6) is 0 Å². The Morgan fingerprint density at radius 2 is 1.86 bits per heavy atom. The first-order valence-electron chi connectivity index (χ1n) is 6.29. The molecule has 0 atom stereocenters. The van der Waals surface area contributed by atoms with Crippen LogP contribution in [0.4, 0.5) is 10.5 Å². The third-order valence-corrected chi connectivity index (χ3v) is 4.32. The molecule has 0 fully saturated rings. The zero-order chi connectivity index (χ0) is 17.0. The van der Waals surface area contributed by atoms with Crippen molar-refractivity contribution in [1.82, 2.24) is 10.0 Å². The standard InChI is InChI=1S/C12H17N3O6S/c1-12(2,14-11(16)17)7-8-13-22(20,21)10-5-3-9(4-6-10)15(18)19/h3-6,13-14H,7-8H2,1-2H3,(H,16,17). The van der Waals surface area contributed by atoms with Crippen LogP contribution in [0.3, 0.4) is 0 Å². The van der Waals surface area contributed by atoms with Gasteiger partial charge in [-0.1, -0.05) is 0 Å². The zero-order valence-corrected chi connectivity index (χ0v) is 12.9. The summed E-state index contributed by atoms with van der Waals surface area (Å²) in [7, 11) is -3.80. The van der Waals surface area contributed by atoms with Crippen LogP contribution in [-0.4, -0.2) is 36.6 Å². The molecule has 22 heavy (non-hydrogen) atoms. The molecule has 1 amide bonds. The van der Waals surface area contributed by atoms with E-state index in [0.29, 0.717) is 0 Å². The number of carbonyl (C=O) groups is 1. The summed E-state index contributed by atoms with van der Waals surface area (Å²) in [6.45, 7) is 3.27. The molecule has 0 unspecified atom stereocenters. The van der Waals surface area contributed by atoms with E-state index in [1.165, 1.54) is 0 Å². The van der Waals surface area contributed by atoms with E-state index in [4.69, 9.17) is 5.11 Å². The van der Waals surface area contributed by atoms with Gasteiger partial charge in [-0.05, 0) is 32.4 Å². The molecule has 0 saturated carbocycles. The maximum atomic E-state index is 12.0. The van der Waals surface area contributed by atoms with Crippen LogP contribution in [0, 0.1) is 10.1 Å². The summed E-state index contributed by atoms with van der Waals surface area (Å²) in [5.41, 5.74) is -0.991. The van der Waals surface area contributed by atoms with Crippen LogP contribution in [0.1, 0.15) is 20.3 Å². The molecule has 3 N–H and O–H groups in total. The first-order chi connectivity index (χ1) is 10.0. The summed E-state index contributed by atoms with van der Waals surface area (Å²) >= 11 is 0. The summed E-state index contributed by atoms with van der Waals surface area (Å²) in [6.07, 6.45) is -0.950. The maximum absolute atomic E-state index is 12.0. The molecule has 0 aliphatic rings. The topological polar surface area (TPSA) is 139 Å². The lowest BCUT2D eigenvalue weighted by Gasteiger charge is -2.24. The molecule has 0 aromatic heterocycles. The van der Waals surface area contributed by atoms with Gasteiger partial charge >= 0.3 is 6.09 Å². The predicted molar refractivity (Wildman–Crippen MR) is 78.1 cm³/mol. The molecular formula is C12H17N3O6S. The molecule has 1 aromatic carbocycles. The SMILES string of the molecule is CC(C)(CCNS(=O)(=O)c1ccc([N+](=O)[O-])cc1)NC(=O)O. The Kier molecular flexibility index (Phi) is 5.44. The number of carboxylic acid groups (broad SMARTS) is 1. The molecule has 1 rings (SSSR count). The molecule has 1 aromatic rings. The van der Waals surface area contributed by atoms with Crippen LogP contribution >= 0.6 is 0 Å². The van der Waals surface area contributed by atoms with Crippen LogP contribution in [0.2, 0.25) is 0 Å². The Balaban J connectivity index is 2.68. The van der Waals surface area contributed by atoms with E-state index in [0.717, 1.165) is 24.3 Å². The van der Waals surface area contributed by atoms with Crippen molar-refractivity contribution in [3.8, 4) is 0 Å². The van der Waals surface area contributed by atoms with Gasteiger partial charge in [0, 0.05) is 24.2 Å². The van der Waals surface area contributed by atoms with Crippen molar-refractivity contribution in [2.75, 3.05) is 6.54 Å². The number of rotatable bonds is 7. The third-order valence-electron chi connectivity index (χ3n) is 2.85. The molecule has 0 bridgehead atoms. The molecule has 0 spiro atoms. The van der Waals surface area contributed by atoms with Crippen LogP contribution in [-0.2, 0) is 10.0 Å². The smallest absolute Gasteiger partial charge is 0.405 e. The van der Waals surface area contributed by atoms with Crippen molar-refractivity contribution in [2.45, 2.75) is 30.7 Å². The monoisotopic (exact) mass is 331 g/mol. The zero-order valence-electron chi connectivity index (χ0n) is 12.1. The number of hydrogen-bond acceptors (Lipinski definition) is 5. The lowest BCUT2D eigenvalue weighted by Crippen LogP contribution is -2.45. The highest BCUT2D eigenvalue weighted by Gasteiger charge is 2.22. The number of nitro benzene ring substituents is 1. The minimum Gasteiger partial charge on any atom is -0.465 e. The predicted octanol–water partition coefficient (Wildman–Crippen LogP) is 1.31. The normalized spacial score (nSPS) is 11.9. The van der Waals surface area contributed by atoms with Crippen LogP contribution in [0.25, 0.3) is 0 Å². The summed E-state index contributed by atoms with van der Waals surface area (Å²) < 4.78 is 26.3. The van der Waals surface area contributed by atoms with Gasteiger partial charge in [-0.3, -0.25) is 10.1 Å². The Labute approximate surface area is 127 Å². The number of benzene rings is 1. The first-order valence-corrected chi connectivity index (χ1v) is 7.77. The fourth-order valence-electron chi connectivity index (χ4n) is 1.68. The Morgan fingerprint density at radius 3 is 2.32 bits per heavy atom. The lowest BCUT2D eigenvalue weighted by molar-refractivity contribution is -0.384. The Bertz CT molecular complexity index is 654. The van der Waals surface area contributed by atoms with E-state index in [2.05, 4.69) is 10.0 Å². The van der Waals surface area contributed by atoms with Crippen molar-refractivity contribution >= 4 is 21.8 Å². The van der Waals surface area contributed by atoms with Crippen LogP contribution in [0.15, 0.2) is 29.2 Å². The second-order valence-electron chi connectivity index (χ2n) is 5.21. The van der Waals surface area contributed by atoms with Gasteiger partial charge in [0.1, 0.15) is 0 Å². The van der Waals surface area contributed by atoms with E-state index in [9.17, 15) is 23.3 Å². The molecule has 0 radical (unpaired) electrons. The van der Waals surface area contributed by atoms with Gasteiger partial charge in [0.2, 0.25) is 10.0 Å². The third kappa shape index (κ3) is 5.30. The van der Waals surface area contributed by atoms with E-state index < -0.39 is 26.6 Å². The van der Waals surface area contributed by atoms with Gasteiger partial charge in [0.25, 0.3) is 5.69 Å². The van der Waals surface area contributed by atoms with Crippen molar-refractivity contribution < 1.29 is 23.2 Å². The minimum atomic E-state index is -3.80. The average molecular weight is 331 g/mol. The van der Waals surface area contributed by atoms with Crippen molar-refractivity contribution in [1.29, 1.82) is 0 Å². The number of nitrogens with one attached hydrogen (secondary N) is 2. The van der Waals surface area contributed by atoms with Crippen molar-refractivity contribution in [3.05, 3.63) is 34.4 Å². The quantitative estimate of drug-likeness (QED) is 0.508. The number of sulfonamides is 1. The first kappa shape index (κ1) is 17.9. The molecule has 9 nitrogen and oxygen atoms in total. The number of hydrogen-bond donors (Lipinski definition) is 3. The van der Waals surface area contributed by atoms with E-state index in [1.807, 2.05) is 0 Å². The van der Waals surface area contributed by atoms with Gasteiger partial charge in [0.05, 0.1) is 9.82 Å². The maximum Gasteiger partial charge on any atom is 0.405 e.